The van der Waals surface area contributed by atoms with Gasteiger partial charge in [0.1, 0.15) is 5.75 Å². The van der Waals surface area contributed by atoms with Gasteiger partial charge in [-0.3, -0.25) is 4.90 Å². The lowest BCUT2D eigenvalue weighted by molar-refractivity contribution is 0.289. The number of aryl methyl sites for hydroxylation is 1. The number of hydrogen-bond acceptors (Lipinski definition) is 3. The van der Waals surface area contributed by atoms with E-state index in [9.17, 15) is 5.11 Å². The van der Waals surface area contributed by atoms with Crippen LogP contribution in [0.1, 0.15) is 11.1 Å². The molecular weight excluding hydrogens is 206 g/mol. The van der Waals surface area contributed by atoms with E-state index in [-0.39, 0.29) is 0 Å². The Bertz CT molecular complexity index is 334. The van der Waals surface area contributed by atoms with Gasteiger partial charge >= 0.3 is 0 Å². The molecule has 3 heteroatoms. The third-order valence-corrected chi connectivity index (χ3v) is 3.76. The number of benzene rings is 1. The Hall–Kier alpha value is -0.670. The lowest BCUT2D eigenvalue weighted by Gasteiger charge is -2.26. The fourth-order valence-electron chi connectivity index (χ4n) is 1.85. The highest BCUT2D eigenvalue weighted by atomic mass is 32.2. The second-order valence-electron chi connectivity index (χ2n) is 3.97. The topological polar surface area (TPSA) is 23.5 Å². The third-order valence-electron chi connectivity index (χ3n) is 2.82. The maximum Gasteiger partial charge on any atom is 0.122 e. The molecule has 1 aromatic rings. The lowest BCUT2D eigenvalue weighted by atomic mass is 10.1. The molecule has 2 nitrogen and oxygen atoms in total. The van der Waals surface area contributed by atoms with E-state index in [1.165, 1.54) is 11.5 Å². The van der Waals surface area contributed by atoms with E-state index >= 15 is 0 Å². The van der Waals surface area contributed by atoms with E-state index < -0.39 is 0 Å². The van der Waals surface area contributed by atoms with Crippen molar-refractivity contribution in [3.63, 3.8) is 0 Å². The number of para-hydroxylation sites is 1. The van der Waals surface area contributed by atoms with E-state index in [1.54, 1.807) is 0 Å². The summed E-state index contributed by atoms with van der Waals surface area (Å²) >= 11 is 2.01. The Morgan fingerprint density at radius 1 is 1.33 bits per heavy atom. The average molecular weight is 223 g/mol. The molecule has 2 rings (SSSR count). The molecule has 15 heavy (non-hydrogen) atoms. The Labute approximate surface area is 95.3 Å². The number of rotatable bonds is 2. The summed E-state index contributed by atoms with van der Waals surface area (Å²) in [6.45, 7) is 5.11. The van der Waals surface area contributed by atoms with Crippen molar-refractivity contribution in [2.75, 3.05) is 24.6 Å². The van der Waals surface area contributed by atoms with Crippen molar-refractivity contribution in [1.82, 2.24) is 4.90 Å². The molecule has 0 saturated carbocycles. The first-order chi connectivity index (χ1) is 7.27. The predicted octanol–water partition coefficient (Wildman–Crippen LogP) is 2.25. The lowest BCUT2D eigenvalue weighted by Crippen LogP contribution is -2.31. The summed E-state index contributed by atoms with van der Waals surface area (Å²) in [5, 5.41) is 9.90. The molecule has 1 saturated heterocycles. The Balaban J connectivity index is 2.06. The van der Waals surface area contributed by atoms with Crippen molar-refractivity contribution < 1.29 is 5.11 Å². The average Bonchev–Trinajstić information content (AvgIpc) is 2.26. The molecule has 1 heterocycles. The number of hydrogen-bond donors (Lipinski definition) is 1. The summed E-state index contributed by atoms with van der Waals surface area (Å²) in [5.41, 5.74) is 2.03. The van der Waals surface area contributed by atoms with Gasteiger partial charge in [-0.25, -0.2) is 0 Å². The van der Waals surface area contributed by atoms with Crippen LogP contribution in [0.5, 0.6) is 5.75 Å². The Morgan fingerprint density at radius 3 is 2.80 bits per heavy atom. The highest BCUT2D eigenvalue weighted by molar-refractivity contribution is 7.99. The summed E-state index contributed by atoms with van der Waals surface area (Å²) in [5.74, 6) is 2.90. The zero-order valence-corrected chi connectivity index (χ0v) is 9.89. The van der Waals surface area contributed by atoms with Gasteiger partial charge in [-0.15, -0.1) is 0 Å². The van der Waals surface area contributed by atoms with Crippen molar-refractivity contribution in [3.05, 3.63) is 29.3 Å². The smallest absolute Gasteiger partial charge is 0.122 e. The Kier molecular flexibility index (Phi) is 3.54. The van der Waals surface area contributed by atoms with Crippen LogP contribution in [0.15, 0.2) is 18.2 Å². The summed E-state index contributed by atoms with van der Waals surface area (Å²) in [4.78, 5) is 2.41. The van der Waals surface area contributed by atoms with Gasteiger partial charge in [0.2, 0.25) is 0 Å². The minimum absolute atomic E-state index is 0.468. The highest BCUT2D eigenvalue weighted by Gasteiger charge is 2.12. The first-order valence-corrected chi connectivity index (χ1v) is 6.50. The fourth-order valence-corrected chi connectivity index (χ4v) is 2.83. The van der Waals surface area contributed by atoms with Gasteiger partial charge < -0.3 is 5.11 Å². The zero-order valence-electron chi connectivity index (χ0n) is 9.07. The largest absolute Gasteiger partial charge is 0.507 e. The minimum atomic E-state index is 0.468. The first kappa shape index (κ1) is 10.8. The fraction of sp³-hybridized carbons (Fsp3) is 0.500. The first-order valence-electron chi connectivity index (χ1n) is 5.35. The van der Waals surface area contributed by atoms with Gasteiger partial charge in [0.25, 0.3) is 0 Å². The summed E-state index contributed by atoms with van der Waals surface area (Å²) in [7, 11) is 0. The Morgan fingerprint density at radius 2 is 2.07 bits per heavy atom. The maximum atomic E-state index is 9.90. The van der Waals surface area contributed by atoms with E-state index in [0.717, 1.165) is 30.8 Å². The SMILES string of the molecule is Cc1cccc(CN2CCSCC2)c1O. The number of phenolic OH excluding ortho intramolecular Hbond substituents is 1. The van der Waals surface area contributed by atoms with Crippen LogP contribution in [0, 0.1) is 6.92 Å². The van der Waals surface area contributed by atoms with Gasteiger partial charge in [-0.1, -0.05) is 18.2 Å². The molecule has 0 radical (unpaired) electrons. The van der Waals surface area contributed by atoms with Gasteiger partial charge in [-0.05, 0) is 12.5 Å². The van der Waals surface area contributed by atoms with Crippen LogP contribution in [0.25, 0.3) is 0 Å². The molecule has 1 aliphatic heterocycles. The van der Waals surface area contributed by atoms with Crippen molar-refractivity contribution in [3.8, 4) is 5.75 Å². The molecule has 0 aromatic heterocycles. The predicted molar refractivity (Wildman–Crippen MR) is 65.4 cm³/mol. The molecule has 1 fully saturated rings. The van der Waals surface area contributed by atoms with Crippen LogP contribution in [-0.2, 0) is 6.54 Å². The summed E-state index contributed by atoms with van der Waals surface area (Å²) in [6, 6.07) is 5.98. The zero-order chi connectivity index (χ0) is 10.7. The van der Waals surface area contributed by atoms with Gasteiger partial charge in [0.05, 0.1) is 0 Å². The molecule has 0 bridgehead atoms. The standard InChI is InChI=1S/C12H17NOS/c1-10-3-2-4-11(12(10)14)9-13-5-7-15-8-6-13/h2-4,14H,5-9H2,1H3. The van der Waals surface area contributed by atoms with Gasteiger partial charge in [0.15, 0.2) is 0 Å². The minimum Gasteiger partial charge on any atom is -0.507 e. The number of aromatic hydroxyl groups is 1. The normalized spacial score (nSPS) is 17.9. The van der Waals surface area contributed by atoms with Crippen LogP contribution in [-0.4, -0.2) is 34.6 Å². The maximum absolute atomic E-state index is 9.90. The molecule has 1 N–H and O–H groups in total. The van der Waals surface area contributed by atoms with E-state index in [4.69, 9.17) is 0 Å². The molecule has 0 unspecified atom stereocenters. The van der Waals surface area contributed by atoms with Crippen LogP contribution < -0.4 is 0 Å². The summed E-state index contributed by atoms with van der Waals surface area (Å²) < 4.78 is 0. The molecule has 1 aliphatic rings. The van der Waals surface area contributed by atoms with Crippen molar-refractivity contribution in [1.29, 1.82) is 0 Å². The van der Waals surface area contributed by atoms with Crippen LogP contribution >= 0.6 is 11.8 Å². The van der Waals surface area contributed by atoms with Crippen molar-refractivity contribution in [2.45, 2.75) is 13.5 Å². The molecule has 1 aromatic carbocycles. The van der Waals surface area contributed by atoms with E-state index in [0.29, 0.717) is 5.75 Å². The monoisotopic (exact) mass is 223 g/mol. The highest BCUT2D eigenvalue weighted by Crippen LogP contribution is 2.23. The molecule has 0 amide bonds. The van der Waals surface area contributed by atoms with E-state index in [1.807, 2.05) is 36.9 Å². The second-order valence-corrected chi connectivity index (χ2v) is 5.20. The molecule has 0 atom stereocenters. The van der Waals surface area contributed by atoms with Crippen molar-refractivity contribution >= 4 is 11.8 Å². The molecule has 0 aliphatic carbocycles. The van der Waals surface area contributed by atoms with E-state index in [2.05, 4.69) is 4.90 Å². The summed E-state index contributed by atoms with van der Waals surface area (Å²) in [6.07, 6.45) is 0. The van der Waals surface area contributed by atoms with Gasteiger partial charge in [-0.2, -0.15) is 11.8 Å². The van der Waals surface area contributed by atoms with Crippen molar-refractivity contribution in [2.24, 2.45) is 0 Å². The van der Waals surface area contributed by atoms with Crippen LogP contribution in [0.2, 0.25) is 0 Å². The molecular formula is C12H17NOS. The molecule has 82 valence electrons. The third kappa shape index (κ3) is 2.67. The number of phenols is 1. The quantitative estimate of drug-likeness (QED) is 0.832. The number of thioether (sulfide) groups is 1. The van der Waals surface area contributed by atoms with Crippen LogP contribution in [0.4, 0.5) is 0 Å². The molecule has 0 spiro atoms. The van der Waals surface area contributed by atoms with Gasteiger partial charge in [0, 0.05) is 36.7 Å². The second kappa shape index (κ2) is 4.90. The van der Waals surface area contributed by atoms with Crippen LogP contribution in [0.3, 0.4) is 0 Å². The number of nitrogens with zero attached hydrogens (tertiary/aromatic N) is 1.